The number of para-hydroxylation sites is 1. The number of hydrogen-bond donors (Lipinski definition) is 3. The molecule has 1 aromatic rings. The van der Waals surface area contributed by atoms with Gasteiger partial charge in [-0.1, -0.05) is 18.2 Å². The first-order chi connectivity index (χ1) is 8.72. The maximum atomic E-state index is 11.5. The third-order valence-electron chi connectivity index (χ3n) is 2.33. The average molecular weight is 249 g/mol. The zero-order valence-corrected chi connectivity index (χ0v) is 10.5. The van der Waals surface area contributed by atoms with E-state index in [1.165, 1.54) is 0 Å². The molecule has 0 heterocycles. The fourth-order valence-electron chi connectivity index (χ4n) is 1.42. The summed E-state index contributed by atoms with van der Waals surface area (Å²) in [6.07, 6.45) is 1.20. The van der Waals surface area contributed by atoms with Crippen LogP contribution in [-0.4, -0.2) is 32.0 Å². The number of anilines is 1. The van der Waals surface area contributed by atoms with Crippen LogP contribution >= 0.6 is 0 Å². The van der Waals surface area contributed by atoms with Crippen molar-refractivity contribution in [2.75, 3.05) is 25.5 Å². The first-order valence-electron chi connectivity index (χ1n) is 5.98. The first kappa shape index (κ1) is 14.2. The van der Waals surface area contributed by atoms with E-state index in [1.54, 1.807) is 12.1 Å². The molecular weight excluding hydrogens is 230 g/mol. The Morgan fingerprint density at radius 3 is 2.50 bits per heavy atom. The normalized spacial score (nSPS) is 9.83. The molecule has 0 aliphatic carbocycles. The molecule has 0 fully saturated rings. The number of nitrogens with one attached hydrogen (secondary N) is 3. The Kier molecular flexibility index (Phi) is 6.50. The molecule has 0 unspecified atom stereocenters. The highest BCUT2D eigenvalue weighted by Gasteiger charge is 2.05. The monoisotopic (exact) mass is 249 g/mol. The SMILES string of the molecule is CNCCCC(=O)NCC(=O)Nc1ccccc1. The predicted octanol–water partition coefficient (Wildman–Crippen LogP) is 0.741. The molecular formula is C13H19N3O2. The van der Waals surface area contributed by atoms with E-state index in [9.17, 15) is 9.59 Å². The van der Waals surface area contributed by atoms with E-state index >= 15 is 0 Å². The number of hydrogen-bond acceptors (Lipinski definition) is 3. The fourth-order valence-corrected chi connectivity index (χ4v) is 1.42. The van der Waals surface area contributed by atoms with Crippen molar-refractivity contribution in [2.45, 2.75) is 12.8 Å². The summed E-state index contributed by atoms with van der Waals surface area (Å²) in [7, 11) is 1.84. The average Bonchev–Trinajstić information content (AvgIpc) is 2.38. The lowest BCUT2D eigenvalue weighted by Gasteiger charge is -2.06. The van der Waals surface area contributed by atoms with Crippen LogP contribution in [0.3, 0.4) is 0 Å². The van der Waals surface area contributed by atoms with Gasteiger partial charge in [0.2, 0.25) is 11.8 Å². The first-order valence-corrected chi connectivity index (χ1v) is 5.98. The maximum absolute atomic E-state index is 11.5. The molecule has 18 heavy (non-hydrogen) atoms. The summed E-state index contributed by atoms with van der Waals surface area (Å²) in [6, 6.07) is 9.15. The van der Waals surface area contributed by atoms with Crippen molar-refractivity contribution < 1.29 is 9.59 Å². The second kappa shape index (κ2) is 8.25. The third kappa shape index (κ3) is 6.00. The highest BCUT2D eigenvalue weighted by Crippen LogP contribution is 2.03. The summed E-state index contributed by atoms with van der Waals surface area (Å²) in [5.74, 6) is -0.323. The topological polar surface area (TPSA) is 70.2 Å². The number of benzene rings is 1. The van der Waals surface area contributed by atoms with Gasteiger partial charge in [-0.05, 0) is 32.1 Å². The van der Waals surface area contributed by atoms with Gasteiger partial charge in [0.15, 0.2) is 0 Å². The minimum Gasteiger partial charge on any atom is -0.347 e. The van der Waals surface area contributed by atoms with Crippen molar-refractivity contribution >= 4 is 17.5 Å². The van der Waals surface area contributed by atoms with Crippen molar-refractivity contribution in [3.8, 4) is 0 Å². The van der Waals surface area contributed by atoms with Crippen LogP contribution in [0.5, 0.6) is 0 Å². The standard InChI is InChI=1S/C13H19N3O2/c1-14-9-5-8-12(17)15-10-13(18)16-11-6-3-2-4-7-11/h2-4,6-7,14H,5,8-10H2,1H3,(H,15,17)(H,16,18). The molecule has 0 radical (unpaired) electrons. The molecule has 1 aromatic carbocycles. The molecule has 5 heteroatoms. The zero-order chi connectivity index (χ0) is 13.2. The van der Waals surface area contributed by atoms with E-state index in [-0.39, 0.29) is 18.4 Å². The van der Waals surface area contributed by atoms with Gasteiger partial charge < -0.3 is 16.0 Å². The van der Waals surface area contributed by atoms with Crippen molar-refractivity contribution in [3.05, 3.63) is 30.3 Å². The van der Waals surface area contributed by atoms with Crippen LogP contribution in [0.1, 0.15) is 12.8 Å². The van der Waals surface area contributed by atoms with Gasteiger partial charge in [-0.25, -0.2) is 0 Å². The van der Waals surface area contributed by atoms with E-state index < -0.39 is 0 Å². The van der Waals surface area contributed by atoms with Crippen LogP contribution in [0.15, 0.2) is 30.3 Å². The van der Waals surface area contributed by atoms with E-state index in [0.29, 0.717) is 6.42 Å². The van der Waals surface area contributed by atoms with Gasteiger partial charge >= 0.3 is 0 Å². The van der Waals surface area contributed by atoms with Crippen LogP contribution in [0.2, 0.25) is 0 Å². The Bertz CT molecular complexity index is 379. The van der Waals surface area contributed by atoms with Gasteiger partial charge in [-0.3, -0.25) is 9.59 Å². The second-order valence-corrected chi connectivity index (χ2v) is 3.90. The summed E-state index contributed by atoms with van der Waals surface area (Å²) in [4.78, 5) is 22.9. The third-order valence-corrected chi connectivity index (χ3v) is 2.33. The quantitative estimate of drug-likeness (QED) is 0.624. The van der Waals surface area contributed by atoms with Crippen LogP contribution in [-0.2, 0) is 9.59 Å². The highest BCUT2D eigenvalue weighted by atomic mass is 16.2. The van der Waals surface area contributed by atoms with Gasteiger partial charge in [-0.2, -0.15) is 0 Å². The summed E-state index contributed by atoms with van der Waals surface area (Å²) in [5, 5.41) is 8.24. The lowest BCUT2D eigenvalue weighted by atomic mass is 10.3. The minimum absolute atomic E-state index is 0.00722. The molecule has 0 aliphatic heterocycles. The summed E-state index contributed by atoms with van der Waals surface area (Å²) in [6.45, 7) is 0.802. The largest absolute Gasteiger partial charge is 0.347 e. The molecule has 5 nitrogen and oxygen atoms in total. The van der Waals surface area contributed by atoms with Gasteiger partial charge in [0, 0.05) is 12.1 Å². The van der Waals surface area contributed by atoms with Crippen molar-refractivity contribution in [2.24, 2.45) is 0 Å². The van der Waals surface area contributed by atoms with Crippen LogP contribution in [0, 0.1) is 0 Å². The van der Waals surface area contributed by atoms with Crippen molar-refractivity contribution in [1.29, 1.82) is 0 Å². The fraction of sp³-hybridized carbons (Fsp3) is 0.385. The molecule has 0 atom stereocenters. The lowest BCUT2D eigenvalue weighted by Crippen LogP contribution is -2.33. The van der Waals surface area contributed by atoms with E-state index in [4.69, 9.17) is 0 Å². The number of carbonyl (C=O) groups is 2. The summed E-state index contributed by atoms with van der Waals surface area (Å²) in [5.41, 5.74) is 0.729. The van der Waals surface area contributed by atoms with Gasteiger partial charge in [-0.15, -0.1) is 0 Å². The van der Waals surface area contributed by atoms with Gasteiger partial charge in [0.05, 0.1) is 6.54 Å². The molecule has 0 bridgehead atoms. The molecule has 2 amide bonds. The van der Waals surface area contributed by atoms with E-state index in [2.05, 4.69) is 16.0 Å². The smallest absolute Gasteiger partial charge is 0.243 e. The molecule has 0 aromatic heterocycles. The molecule has 3 N–H and O–H groups in total. The zero-order valence-electron chi connectivity index (χ0n) is 10.5. The molecule has 0 spiro atoms. The maximum Gasteiger partial charge on any atom is 0.243 e. The number of amides is 2. The van der Waals surface area contributed by atoms with Crippen molar-refractivity contribution in [3.63, 3.8) is 0 Å². The second-order valence-electron chi connectivity index (χ2n) is 3.90. The number of carbonyl (C=O) groups excluding carboxylic acids is 2. The van der Waals surface area contributed by atoms with E-state index in [1.807, 2.05) is 25.2 Å². The van der Waals surface area contributed by atoms with Crippen LogP contribution in [0.25, 0.3) is 0 Å². The summed E-state index contributed by atoms with van der Waals surface area (Å²) >= 11 is 0. The van der Waals surface area contributed by atoms with E-state index in [0.717, 1.165) is 18.7 Å². The molecule has 0 saturated heterocycles. The van der Waals surface area contributed by atoms with Crippen LogP contribution < -0.4 is 16.0 Å². The Hall–Kier alpha value is -1.88. The lowest BCUT2D eigenvalue weighted by molar-refractivity contribution is -0.124. The Morgan fingerprint density at radius 1 is 1.11 bits per heavy atom. The molecule has 0 saturated carbocycles. The molecule has 98 valence electrons. The Morgan fingerprint density at radius 2 is 1.83 bits per heavy atom. The Labute approximate surface area is 107 Å². The minimum atomic E-state index is -0.219. The highest BCUT2D eigenvalue weighted by molar-refractivity contribution is 5.94. The Balaban J connectivity index is 2.19. The molecule has 0 aliphatic rings. The number of rotatable bonds is 7. The van der Waals surface area contributed by atoms with Crippen LogP contribution in [0.4, 0.5) is 5.69 Å². The molecule has 1 rings (SSSR count). The van der Waals surface area contributed by atoms with Gasteiger partial charge in [0.1, 0.15) is 0 Å². The summed E-state index contributed by atoms with van der Waals surface area (Å²) < 4.78 is 0. The predicted molar refractivity (Wildman–Crippen MR) is 71.2 cm³/mol. The van der Waals surface area contributed by atoms with Gasteiger partial charge in [0.25, 0.3) is 0 Å². The van der Waals surface area contributed by atoms with Crippen molar-refractivity contribution in [1.82, 2.24) is 10.6 Å².